The van der Waals surface area contributed by atoms with E-state index in [4.69, 9.17) is 0 Å². The summed E-state index contributed by atoms with van der Waals surface area (Å²) in [6.07, 6.45) is 13.2. The van der Waals surface area contributed by atoms with E-state index in [1.54, 1.807) is 0 Å². The summed E-state index contributed by atoms with van der Waals surface area (Å²) < 4.78 is 23.3. The molecule has 0 aromatic heterocycles. The van der Waals surface area contributed by atoms with E-state index in [9.17, 15) is 0 Å². The summed E-state index contributed by atoms with van der Waals surface area (Å²) in [5.74, 6) is 0. The van der Waals surface area contributed by atoms with Crippen molar-refractivity contribution in [3.63, 3.8) is 0 Å². The number of rotatable bonds is 14. The molecule has 0 aliphatic carbocycles. The van der Waals surface area contributed by atoms with Crippen LogP contribution in [0.25, 0.3) is 0 Å². The maximum atomic E-state index is 2.23. The molecule has 0 atom stereocenters. The first kappa shape index (κ1) is 43.0. The van der Waals surface area contributed by atoms with Crippen molar-refractivity contribution in [2.75, 3.05) is 47.7 Å². The van der Waals surface area contributed by atoms with Crippen LogP contribution in [0.1, 0.15) is 0 Å². The van der Waals surface area contributed by atoms with Gasteiger partial charge in [-0.3, -0.25) is 0 Å². The first-order chi connectivity index (χ1) is 23.5. The molecule has 0 saturated heterocycles. The molecule has 6 rings (SSSR count). The Hall–Kier alpha value is 5.36. The molecule has 0 bridgehead atoms. The van der Waals surface area contributed by atoms with Gasteiger partial charge in [0, 0.05) is 10.2 Å². The molecule has 0 aromatic rings. The first-order valence-corrected chi connectivity index (χ1v) is 34.2. The van der Waals surface area contributed by atoms with Crippen LogP contribution in [0.15, 0.2) is 78.6 Å². The van der Waals surface area contributed by atoms with Crippen LogP contribution < -0.4 is 0 Å². The smallest absolute Gasteiger partial charge is 0.0717 e. The summed E-state index contributed by atoms with van der Waals surface area (Å²) in [7, 11) is 0. The third-order valence-electron chi connectivity index (χ3n) is 5.47. The van der Waals surface area contributed by atoms with Gasteiger partial charge in [-0.05, 0) is 48.4 Å². The van der Waals surface area contributed by atoms with Gasteiger partial charge in [0.2, 0.25) is 0 Å². The zero-order chi connectivity index (χ0) is 33.6. The Kier molecular flexibility index (Phi) is 19.6. The van der Waals surface area contributed by atoms with Crippen LogP contribution in [0, 0.1) is 0 Å². The average molecular weight is 1040 g/mol. The zero-order valence-electron chi connectivity index (χ0n) is 25.6. The van der Waals surface area contributed by atoms with Gasteiger partial charge in [-0.1, -0.05) is 141 Å². The fraction of sp³-hybridized carbons (Fsp3) is 0.308. The van der Waals surface area contributed by atoms with Gasteiger partial charge >= 0.3 is 0 Å². The van der Waals surface area contributed by atoms with Crippen LogP contribution in [-0.4, -0.2) is 47.7 Å². The Morgan fingerprint density at radius 2 is 0.521 bits per heavy atom. The third-order valence-corrected chi connectivity index (χ3v) is 36.1. The standard InChI is InChI=1S/C26H24S22/c1-27-11-12(28-2)40-23(39-11)25-43-15(31-5)18(45-25)35-9-37-20-21(48-22(47-20)17-33-7-8-34-17)38-10-36-19-16(32-6)44-26(46-19)24-41-13(29-3)14(30-4)42-24/h7-8H,9-10H2,1-6H3. The maximum absolute atomic E-state index is 2.23. The van der Waals surface area contributed by atoms with E-state index in [2.05, 4.69) is 48.4 Å². The molecule has 0 saturated carbocycles. The lowest BCUT2D eigenvalue weighted by atomic mass is 11.2. The number of thioether (sulfide) groups is 22. The second-order valence-corrected chi connectivity index (χ2v) is 33.9. The third kappa shape index (κ3) is 11.1. The molecule has 0 aromatic carbocycles. The van der Waals surface area contributed by atoms with Crippen molar-refractivity contribution in [3.8, 4) is 0 Å². The van der Waals surface area contributed by atoms with Crippen LogP contribution >= 0.6 is 259 Å². The largest absolute Gasteiger partial charge is 0.121 e. The monoisotopic (exact) mass is 1040 g/mol. The predicted octanol–water partition coefficient (Wildman–Crippen LogP) is 18.4. The van der Waals surface area contributed by atoms with Crippen LogP contribution in [-0.2, 0) is 0 Å². The normalized spacial score (nSPS) is 22.0. The van der Waals surface area contributed by atoms with E-state index in [-0.39, 0.29) is 0 Å². The molecule has 48 heavy (non-hydrogen) atoms. The zero-order valence-corrected chi connectivity index (χ0v) is 43.5. The van der Waals surface area contributed by atoms with Gasteiger partial charge < -0.3 is 0 Å². The molecule has 6 heterocycles. The first-order valence-electron chi connectivity index (χ1n) is 12.9. The van der Waals surface area contributed by atoms with E-state index < -0.39 is 0 Å². The minimum atomic E-state index is 1.03. The quantitative estimate of drug-likeness (QED) is 0.151. The minimum absolute atomic E-state index is 1.03. The molecule has 0 unspecified atom stereocenters. The highest BCUT2D eigenvalue weighted by atomic mass is 32.3. The summed E-state index contributed by atoms with van der Waals surface area (Å²) >= 11 is 42.9. The highest BCUT2D eigenvalue weighted by Crippen LogP contribution is 2.68. The van der Waals surface area contributed by atoms with Gasteiger partial charge in [-0.15, -0.1) is 118 Å². The van der Waals surface area contributed by atoms with Crippen LogP contribution in [0.2, 0.25) is 0 Å². The SMILES string of the molecule is CSC1=C(SC)SC(=C2SC(SC)=C(SCSC3=C(SCSC4=C(SC)SC(=C5SC(SC)=C(SC)S5)S4)SC(=C4SC=CS4)S3)S2)S1. The minimum Gasteiger partial charge on any atom is -0.121 e. The second kappa shape index (κ2) is 21.9. The van der Waals surface area contributed by atoms with E-state index in [0.717, 1.165) is 10.2 Å². The Bertz CT molecular complexity index is 1440. The molecule has 0 nitrogen and oxygen atoms in total. The Morgan fingerprint density at radius 1 is 0.312 bits per heavy atom. The molecule has 0 radical (unpaired) electrons. The Balaban J connectivity index is 1.07. The molecule has 0 spiro atoms. The fourth-order valence-corrected chi connectivity index (χ4v) is 34.0. The molecule has 0 fully saturated rings. The molecular formula is C26H24S22. The highest BCUT2D eigenvalue weighted by Gasteiger charge is 2.32. The average Bonchev–Trinajstić information content (AvgIpc) is 3.96. The lowest BCUT2D eigenvalue weighted by molar-refractivity contribution is 2.17. The lowest BCUT2D eigenvalue weighted by Gasteiger charge is -2.07. The van der Waals surface area contributed by atoms with E-state index in [1.807, 2.05) is 259 Å². The van der Waals surface area contributed by atoms with E-state index in [1.165, 1.54) is 67.8 Å². The molecule has 22 heteroatoms. The number of hydrogen-bond acceptors (Lipinski definition) is 22. The van der Waals surface area contributed by atoms with E-state index >= 15 is 0 Å². The Labute approximate surface area is 378 Å². The second-order valence-electron chi connectivity index (χ2n) is 8.17. The van der Waals surface area contributed by atoms with Crippen molar-refractivity contribution >= 4 is 259 Å². The van der Waals surface area contributed by atoms with E-state index in [0.29, 0.717) is 0 Å². The van der Waals surface area contributed by atoms with Crippen LogP contribution in [0.4, 0.5) is 0 Å². The summed E-state index contributed by atoms with van der Waals surface area (Å²) in [5.41, 5.74) is 0. The van der Waals surface area contributed by atoms with Gasteiger partial charge in [0.25, 0.3) is 0 Å². The fourth-order valence-electron chi connectivity index (χ4n) is 3.46. The highest BCUT2D eigenvalue weighted by molar-refractivity contribution is 8.48. The van der Waals surface area contributed by atoms with Gasteiger partial charge in [0.05, 0.1) is 67.8 Å². The molecule has 260 valence electrons. The molecule has 0 amide bonds. The van der Waals surface area contributed by atoms with Gasteiger partial charge in [-0.25, -0.2) is 0 Å². The van der Waals surface area contributed by atoms with Gasteiger partial charge in [0.1, 0.15) is 0 Å². The molecular weight excluding hydrogens is 1020 g/mol. The summed E-state index contributed by atoms with van der Waals surface area (Å²) in [6, 6.07) is 0. The predicted molar refractivity (Wildman–Crippen MR) is 278 cm³/mol. The Morgan fingerprint density at radius 3 is 0.792 bits per heavy atom. The summed E-state index contributed by atoms with van der Waals surface area (Å²) in [4.78, 5) is 0. The van der Waals surface area contributed by atoms with Gasteiger partial charge in [0.15, 0.2) is 0 Å². The molecule has 6 aliphatic rings. The summed E-state index contributed by atoms with van der Waals surface area (Å²) in [5, 5.41) is 6.50. The van der Waals surface area contributed by atoms with Crippen molar-refractivity contribution < 1.29 is 0 Å². The molecule has 6 aliphatic heterocycles. The topological polar surface area (TPSA) is 0 Å². The van der Waals surface area contributed by atoms with Crippen molar-refractivity contribution in [2.24, 2.45) is 0 Å². The van der Waals surface area contributed by atoms with Crippen molar-refractivity contribution in [3.05, 3.63) is 78.6 Å². The lowest BCUT2D eigenvalue weighted by Crippen LogP contribution is -1.77. The van der Waals surface area contributed by atoms with Crippen LogP contribution in [0.3, 0.4) is 0 Å². The number of hydrogen-bond donors (Lipinski definition) is 0. The van der Waals surface area contributed by atoms with Crippen molar-refractivity contribution in [1.29, 1.82) is 0 Å². The summed E-state index contributed by atoms with van der Waals surface area (Å²) in [6.45, 7) is 0. The molecule has 0 N–H and O–H groups in total. The van der Waals surface area contributed by atoms with Gasteiger partial charge in [-0.2, -0.15) is 0 Å². The maximum Gasteiger partial charge on any atom is 0.0717 e. The van der Waals surface area contributed by atoms with Crippen molar-refractivity contribution in [1.82, 2.24) is 0 Å². The van der Waals surface area contributed by atoms with Crippen LogP contribution in [0.5, 0.6) is 0 Å². The van der Waals surface area contributed by atoms with Crippen molar-refractivity contribution in [2.45, 2.75) is 0 Å².